The number of hydrogen-bond donors (Lipinski definition) is 2. The molecule has 0 spiro atoms. The highest BCUT2D eigenvalue weighted by molar-refractivity contribution is 5.67. The molecular weight excluding hydrogens is 166 g/mol. The Balaban J connectivity index is 2.32. The van der Waals surface area contributed by atoms with Crippen LogP contribution in [0.15, 0.2) is 12.1 Å². The molecule has 0 fully saturated rings. The van der Waals surface area contributed by atoms with E-state index in [1.165, 1.54) is 0 Å². The van der Waals surface area contributed by atoms with Gasteiger partial charge in [0, 0.05) is 18.7 Å². The minimum atomic E-state index is 0.409. The molecule has 70 valence electrons. The largest absolute Gasteiger partial charge is 0.481 e. The Morgan fingerprint density at radius 1 is 1.54 bits per heavy atom. The van der Waals surface area contributed by atoms with Crippen LogP contribution in [0.4, 0.5) is 11.5 Å². The molecule has 0 aliphatic carbocycles. The first-order chi connectivity index (χ1) is 6.29. The first kappa shape index (κ1) is 8.16. The molecule has 1 aliphatic rings. The zero-order chi connectivity index (χ0) is 9.26. The number of hydrogen-bond acceptors (Lipinski definition) is 4. The summed E-state index contributed by atoms with van der Waals surface area (Å²) in [6.07, 6.45) is 0. The summed E-state index contributed by atoms with van der Waals surface area (Å²) in [7, 11) is 1.62. The number of rotatable bonds is 1. The number of anilines is 2. The van der Waals surface area contributed by atoms with Crippen LogP contribution in [-0.4, -0.2) is 24.7 Å². The zero-order valence-electron chi connectivity index (χ0n) is 7.79. The van der Waals surface area contributed by atoms with E-state index in [0.717, 1.165) is 18.1 Å². The third kappa shape index (κ3) is 1.52. The maximum Gasteiger partial charge on any atom is 0.215 e. The molecule has 0 radical (unpaired) electrons. The number of ether oxygens (including phenoxy) is 1. The SMILES string of the molecule is COc1ccc2c(n1)NC(C)CN2. The third-order valence-corrected chi connectivity index (χ3v) is 2.06. The summed E-state index contributed by atoms with van der Waals surface area (Å²) in [5.74, 6) is 1.51. The first-order valence-corrected chi connectivity index (χ1v) is 4.35. The van der Waals surface area contributed by atoms with Crippen LogP contribution in [0, 0.1) is 0 Å². The van der Waals surface area contributed by atoms with Crippen molar-refractivity contribution in [1.29, 1.82) is 0 Å². The Morgan fingerprint density at radius 3 is 3.15 bits per heavy atom. The molecule has 13 heavy (non-hydrogen) atoms. The summed E-state index contributed by atoms with van der Waals surface area (Å²) in [5, 5.41) is 6.56. The second kappa shape index (κ2) is 3.12. The van der Waals surface area contributed by atoms with Crippen molar-refractivity contribution < 1.29 is 4.74 Å². The molecular formula is C9H13N3O. The van der Waals surface area contributed by atoms with E-state index < -0.39 is 0 Å². The Hall–Kier alpha value is -1.45. The van der Waals surface area contributed by atoms with Crippen LogP contribution in [-0.2, 0) is 0 Å². The Kier molecular flexibility index (Phi) is 1.96. The van der Waals surface area contributed by atoms with Crippen molar-refractivity contribution in [3.05, 3.63) is 12.1 Å². The lowest BCUT2D eigenvalue weighted by atomic mass is 10.2. The van der Waals surface area contributed by atoms with Gasteiger partial charge in [0.05, 0.1) is 12.8 Å². The Morgan fingerprint density at radius 2 is 2.38 bits per heavy atom. The van der Waals surface area contributed by atoms with Crippen molar-refractivity contribution in [2.75, 3.05) is 24.3 Å². The van der Waals surface area contributed by atoms with E-state index in [1.54, 1.807) is 7.11 Å². The number of nitrogens with one attached hydrogen (secondary N) is 2. The number of methoxy groups -OCH3 is 1. The molecule has 0 saturated carbocycles. The van der Waals surface area contributed by atoms with Gasteiger partial charge >= 0.3 is 0 Å². The molecule has 1 unspecified atom stereocenters. The number of pyridine rings is 1. The van der Waals surface area contributed by atoms with Crippen LogP contribution in [0.5, 0.6) is 5.88 Å². The molecule has 1 aromatic rings. The minimum Gasteiger partial charge on any atom is -0.481 e. The summed E-state index contributed by atoms with van der Waals surface area (Å²) in [6.45, 7) is 3.04. The molecule has 2 heterocycles. The van der Waals surface area contributed by atoms with Crippen LogP contribution < -0.4 is 15.4 Å². The van der Waals surface area contributed by atoms with Crippen molar-refractivity contribution in [2.45, 2.75) is 13.0 Å². The van der Waals surface area contributed by atoms with Gasteiger partial charge in [-0.05, 0) is 13.0 Å². The third-order valence-electron chi connectivity index (χ3n) is 2.06. The second-order valence-corrected chi connectivity index (χ2v) is 3.18. The van der Waals surface area contributed by atoms with Gasteiger partial charge in [-0.25, -0.2) is 0 Å². The normalized spacial score (nSPS) is 19.7. The van der Waals surface area contributed by atoms with E-state index in [0.29, 0.717) is 11.9 Å². The summed E-state index contributed by atoms with van der Waals surface area (Å²) < 4.78 is 5.04. The van der Waals surface area contributed by atoms with Gasteiger partial charge in [-0.1, -0.05) is 0 Å². The van der Waals surface area contributed by atoms with Gasteiger partial charge in [0.2, 0.25) is 5.88 Å². The average molecular weight is 179 g/mol. The molecule has 1 aliphatic heterocycles. The summed E-state index contributed by atoms with van der Waals surface area (Å²) in [5.41, 5.74) is 1.04. The van der Waals surface area contributed by atoms with Gasteiger partial charge in [-0.15, -0.1) is 0 Å². The Bertz CT molecular complexity index is 314. The van der Waals surface area contributed by atoms with Crippen molar-refractivity contribution in [3.63, 3.8) is 0 Å². The fraction of sp³-hybridized carbons (Fsp3) is 0.444. The highest BCUT2D eigenvalue weighted by Crippen LogP contribution is 2.25. The van der Waals surface area contributed by atoms with E-state index in [1.807, 2.05) is 12.1 Å². The molecule has 1 atom stereocenters. The molecule has 2 N–H and O–H groups in total. The second-order valence-electron chi connectivity index (χ2n) is 3.18. The van der Waals surface area contributed by atoms with Crippen LogP contribution in [0.3, 0.4) is 0 Å². The van der Waals surface area contributed by atoms with E-state index >= 15 is 0 Å². The predicted molar refractivity (Wildman–Crippen MR) is 52.4 cm³/mol. The summed E-state index contributed by atoms with van der Waals surface area (Å²) >= 11 is 0. The summed E-state index contributed by atoms with van der Waals surface area (Å²) in [4.78, 5) is 4.29. The van der Waals surface area contributed by atoms with Crippen LogP contribution >= 0.6 is 0 Å². The van der Waals surface area contributed by atoms with Crippen molar-refractivity contribution in [1.82, 2.24) is 4.98 Å². The van der Waals surface area contributed by atoms with E-state index in [9.17, 15) is 0 Å². The van der Waals surface area contributed by atoms with Gasteiger partial charge in [0.1, 0.15) is 0 Å². The van der Waals surface area contributed by atoms with E-state index in [4.69, 9.17) is 4.74 Å². The molecule has 2 rings (SSSR count). The number of aromatic nitrogens is 1. The lowest BCUT2D eigenvalue weighted by Gasteiger charge is -2.24. The highest BCUT2D eigenvalue weighted by atomic mass is 16.5. The lowest BCUT2D eigenvalue weighted by molar-refractivity contribution is 0.398. The Labute approximate surface area is 77.3 Å². The number of fused-ring (bicyclic) bond motifs is 1. The van der Waals surface area contributed by atoms with Crippen molar-refractivity contribution in [3.8, 4) is 5.88 Å². The smallest absolute Gasteiger partial charge is 0.215 e. The standard InChI is InChI=1S/C9H13N3O/c1-6-5-10-7-3-4-8(13-2)12-9(7)11-6/h3-4,6,10H,5H2,1-2H3,(H,11,12). The molecule has 1 aromatic heterocycles. The minimum absolute atomic E-state index is 0.409. The molecule has 0 aromatic carbocycles. The quantitative estimate of drug-likeness (QED) is 0.682. The topological polar surface area (TPSA) is 46.2 Å². The van der Waals surface area contributed by atoms with E-state index in [-0.39, 0.29) is 0 Å². The fourth-order valence-corrected chi connectivity index (χ4v) is 1.36. The van der Waals surface area contributed by atoms with Crippen molar-refractivity contribution in [2.24, 2.45) is 0 Å². The molecule has 4 heteroatoms. The number of nitrogens with zero attached hydrogens (tertiary/aromatic N) is 1. The first-order valence-electron chi connectivity index (χ1n) is 4.35. The fourth-order valence-electron chi connectivity index (χ4n) is 1.36. The average Bonchev–Trinajstić information content (AvgIpc) is 2.16. The van der Waals surface area contributed by atoms with Gasteiger partial charge in [0.15, 0.2) is 5.82 Å². The molecule has 0 saturated heterocycles. The molecule has 0 bridgehead atoms. The highest BCUT2D eigenvalue weighted by Gasteiger charge is 2.14. The van der Waals surface area contributed by atoms with Gasteiger partial charge < -0.3 is 15.4 Å². The lowest BCUT2D eigenvalue weighted by Crippen LogP contribution is -2.30. The van der Waals surface area contributed by atoms with E-state index in [2.05, 4.69) is 22.5 Å². The van der Waals surface area contributed by atoms with Gasteiger partial charge in [-0.3, -0.25) is 0 Å². The van der Waals surface area contributed by atoms with Crippen LogP contribution in [0.2, 0.25) is 0 Å². The maximum absolute atomic E-state index is 5.04. The predicted octanol–water partition coefficient (Wildman–Crippen LogP) is 1.32. The molecule has 0 amide bonds. The van der Waals surface area contributed by atoms with Crippen LogP contribution in [0.25, 0.3) is 0 Å². The monoisotopic (exact) mass is 179 g/mol. The summed E-state index contributed by atoms with van der Waals surface area (Å²) in [6, 6.07) is 4.23. The van der Waals surface area contributed by atoms with Crippen LogP contribution in [0.1, 0.15) is 6.92 Å². The van der Waals surface area contributed by atoms with Crippen molar-refractivity contribution >= 4 is 11.5 Å². The zero-order valence-corrected chi connectivity index (χ0v) is 7.79. The van der Waals surface area contributed by atoms with Gasteiger partial charge in [0.25, 0.3) is 0 Å². The maximum atomic E-state index is 5.04. The van der Waals surface area contributed by atoms with Gasteiger partial charge in [-0.2, -0.15) is 4.98 Å². The molecule has 4 nitrogen and oxygen atoms in total.